The molecule has 0 spiro atoms. The van der Waals surface area contributed by atoms with Gasteiger partial charge in [-0.25, -0.2) is 9.97 Å². The highest BCUT2D eigenvalue weighted by Gasteiger charge is 2.04. The normalized spacial score (nSPS) is 9.87. The lowest BCUT2D eigenvalue weighted by atomic mass is 10.2. The molecule has 0 radical (unpaired) electrons. The van der Waals surface area contributed by atoms with E-state index in [0.29, 0.717) is 5.88 Å². The van der Waals surface area contributed by atoms with Gasteiger partial charge in [0, 0.05) is 4.47 Å². The molecule has 2 rings (SSSR count). The van der Waals surface area contributed by atoms with Gasteiger partial charge in [-0.3, -0.25) is 0 Å². The van der Waals surface area contributed by atoms with Crippen molar-refractivity contribution in [1.82, 2.24) is 9.97 Å². The monoisotopic (exact) mass is 263 g/mol. The number of fused-ring (bicyclic) bond motifs is 1. The van der Waals surface area contributed by atoms with Gasteiger partial charge in [0.2, 0.25) is 5.88 Å². The van der Waals surface area contributed by atoms with Crippen molar-refractivity contribution in [3.63, 3.8) is 0 Å². The number of hydrogen-bond acceptors (Lipinski definition) is 4. The number of nitrogens with zero attached hydrogens (tertiary/aromatic N) is 3. The zero-order chi connectivity index (χ0) is 10.7. The summed E-state index contributed by atoms with van der Waals surface area (Å²) in [6.45, 7) is -0.0153. The van der Waals surface area contributed by atoms with Crippen molar-refractivity contribution < 1.29 is 4.74 Å². The van der Waals surface area contributed by atoms with Crippen LogP contribution in [-0.4, -0.2) is 16.6 Å². The van der Waals surface area contributed by atoms with E-state index >= 15 is 0 Å². The third-order valence-electron chi connectivity index (χ3n) is 1.83. The van der Waals surface area contributed by atoms with E-state index in [1.165, 1.54) is 6.33 Å². The summed E-state index contributed by atoms with van der Waals surface area (Å²) in [6.07, 6.45) is 1.42. The fraction of sp³-hybridized carbons (Fsp3) is 0.100. The van der Waals surface area contributed by atoms with Crippen LogP contribution in [0.5, 0.6) is 5.88 Å². The van der Waals surface area contributed by atoms with E-state index in [-0.39, 0.29) is 6.61 Å². The SMILES string of the molecule is N#CCOc1ncnc2ccc(Br)cc12. The predicted molar refractivity (Wildman–Crippen MR) is 58.3 cm³/mol. The molecule has 1 aromatic carbocycles. The number of ether oxygens (including phenoxy) is 1. The van der Waals surface area contributed by atoms with Crippen LogP contribution in [0.2, 0.25) is 0 Å². The summed E-state index contributed by atoms with van der Waals surface area (Å²) in [6, 6.07) is 7.52. The topological polar surface area (TPSA) is 58.8 Å². The smallest absolute Gasteiger partial charge is 0.225 e. The standard InChI is InChI=1S/C10H6BrN3O/c11-7-1-2-9-8(5-7)10(14-6-13-9)15-4-3-12/h1-2,5-6H,4H2. The van der Waals surface area contributed by atoms with E-state index in [4.69, 9.17) is 10.00 Å². The molecule has 0 bridgehead atoms. The van der Waals surface area contributed by atoms with E-state index in [9.17, 15) is 0 Å². The molecule has 5 heteroatoms. The largest absolute Gasteiger partial charge is 0.462 e. The molecule has 0 aliphatic carbocycles. The molecule has 0 unspecified atom stereocenters. The number of rotatable bonds is 2. The van der Waals surface area contributed by atoms with Crippen molar-refractivity contribution in [2.45, 2.75) is 0 Å². The van der Waals surface area contributed by atoms with Gasteiger partial charge in [0.1, 0.15) is 12.4 Å². The van der Waals surface area contributed by atoms with E-state index in [1.807, 2.05) is 24.3 Å². The van der Waals surface area contributed by atoms with Gasteiger partial charge < -0.3 is 4.74 Å². The van der Waals surface area contributed by atoms with Crippen LogP contribution in [0.1, 0.15) is 0 Å². The minimum atomic E-state index is -0.0153. The summed E-state index contributed by atoms with van der Waals surface area (Å²) < 4.78 is 6.11. The van der Waals surface area contributed by atoms with Gasteiger partial charge in [-0.2, -0.15) is 5.26 Å². The van der Waals surface area contributed by atoms with Gasteiger partial charge in [0.25, 0.3) is 0 Å². The lowest BCUT2D eigenvalue weighted by Crippen LogP contribution is -1.97. The van der Waals surface area contributed by atoms with Crippen LogP contribution in [0.3, 0.4) is 0 Å². The first-order valence-corrected chi connectivity index (χ1v) is 5.00. The fourth-order valence-corrected chi connectivity index (χ4v) is 1.58. The second kappa shape index (κ2) is 4.24. The molecule has 0 saturated heterocycles. The molecule has 15 heavy (non-hydrogen) atoms. The molecular weight excluding hydrogens is 258 g/mol. The van der Waals surface area contributed by atoms with E-state index < -0.39 is 0 Å². The molecule has 0 aliphatic rings. The lowest BCUT2D eigenvalue weighted by Gasteiger charge is -2.04. The van der Waals surface area contributed by atoms with Crippen LogP contribution < -0.4 is 4.74 Å². The average Bonchev–Trinajstić information content (AvgIpc) is 2.26. The Balaban J connectivity index is 2.54. The Hall–Kier alpha value is -1.67. The summed E-state index contributed by atoms with van der Waals surface area (Å²) in [4.78, 5) is 8.08. The van der Waals surface area contributed by atoms with Gasteiger partial charge in [-0.05, 0) is 18.2 Å². The second-order valence-electron chi connectivity index (χ2n) is 2.79. The number of hydrogen-bond donors (Lipinski definition) is 0. The highest BCUT2D eigenvalue weighted by Crippen LogP contribution is 2.24. The van der Waals surface area contributed by atoms with E-state index in [1.54, 1.807) is 0 Å². The Bertz CT molecular complexity index is 536. The van der Waals surface area contributed by atoms with Crippen LogP contribution in [0, 0.1) is 11.3 Å². The maximum atomic E-state index is 8.43. The maximum absolute atomic E-state index is 8.43. The molecule has 0 fully saturated rings. The molecule has 0 saturated carbocycles. The van der Waals surface area contributed by atoms with Crippen LogP contribution in [0.25, 0.3) is 10.9 Å². The second-order valence-corrected chi connectivity index (χ2v) is 3.70. The summed E-state index contributed by atoms with van der Waals surface area (Å²) in [7, 11) is 0. The summed E-state index contributed by atoms with van der Waals surface area (Å²) in [5, 5.41) is 9.22. The van der Waals surface area contributed by atoms with E-state index in [0.717, 1.165) is 15.4 Å². The first kappa shape index (κ1) is 9.87. The Morgan fingerprint density at radius 3 is 3.07 bits per heavy atom. The van der Waals surface area contributed by atoms with E-state index in [2.05, 4.69) is 25.9 Å². The van der Waals surface area contributed by atoms with Crippen LogP contribution in [-0.2, 0) is 0 Å². The molecule has 2 aromatic rings. The molecule has 1 heterocycles. The van der Waals surface area contributed by atoms with Gasteiger partial charge >= 0.3 is 0 Å². The summed E-state index contributed by atoms with van der Waals surface area (Å²) >= 11 is 3.36. The summed E-state index contributed by atoms with van der Waals surface area (Å²) in [5.41, 5.74) is 0.793. The van der Waals surface area contributed by atoms with Crippen molar-refractivity contribution in [2.24, 2.45) is 0 Å². The van der Waals surface area contributed by atoms with Crippen molar-refractivity contribution >= 4 is 26.8 Å². The molecule has 1 aromatic heterocycles. The Labute approximate surface area is 94.7 Å². The zero-order valence-electron chi connectivity index (χ0n) is 7.64. The number of aromatic nitrogens is 2. The van der Waals surface area contributed by atoms with Crippen LogP contribution in [0.15, 0.2) is 29.0 Å². The van der Waals surface area contributed by atoms with Gasteiger partial charge in [0.05, 0.1) is 10.9 Å². The van der Waals surface area contributed by atoms with Gasteiger partial charge in [-0.15, -0.1) is 0 Å². The minimum Gasteiger partial charge on any atom is -0.462 e. The molecular formula is C10H6BrN3O. The molecule has 0 N–H and O–H groups in total. The number of benzene rings is 1. The third-order valence-corrected chi connectivity index (χ3v) is 2.33. The van der Waals surface area contributed by atoms with Crippen LogP contribution >= 0.6 is 15.9 Å². The average molecular weight is 264 g/mol. The van der Waals surface area contributed by atoms with Crippen molar-refractivity contribution in [3.05, 3.63) is 29.0 Å². The molecule has 4 nitrogen and oxygen atoms in total. The van der Waals surface area contributed by atoms with Crippen molar-refractivity contribution in [1.29, 1.82) is 5.26 Å². The fourth-order valence-electron chi connectivity index (χ4n) is 1.22. The molecule has 0 aliphatic heterocycles. The molecule has 0 atom stereocenters. The lowest BCUT2D eigenvalue weighted by molar-refractivity contribution is 0.357. The summed E-state index contributed by atoms with van der Waals surface area (Å²) in [5.74, 6) is 0.433. The van der Waals surface area contributed by atoms with Crippen LogP contribution in [0.4, 0.5) is 0 Å². The Kier molecular flexibility index (Phi) is 2.79. The maximum Gasteiger partial charge on any atom is 0.225 e. The third kappa shape index (κ3) is 2.05. The first-order valence-electron chi connectivity index (χ1n) is 4.21. The molecule has 74 valence electrons. The van der Waals surface area contributed by atoms with Crippen molar-refractivity contribution in [3.8, 4) is 11.9 Å². The van der Waals surface area contributed by atoms with Crippen molar-refractivity contribution in [2.75, 3.05) is 6.61 Å². The highest BCUT2D eigenvalue weighted by molar-refractivity contribution is 9.10. The quantitative estimate of drug-likeness (QED) is 0.834. The first-order chi connectivity index (χ1) is 7.31. The minimum absolute atomic E-state index is 0.0153. The van der Waals surface area contributed by atoms with Gasteiger partial charge in [0.15, 0.2) is 6.61 Å². The number of halogens is 1. The Morgan fingerprint density at radius 1 is 1.40 bits per heavy atom. The predicted octanol–water partition coefficient (Wildman–Crippen LogP) is 2.29. The van der Waals surface area contributed by atoms with Gasteiger partial charge in [-0.1, -0.05) is 15.9 Å². The number of nitriles is 1. The zero-order valence-corrected chi connectivity index (χ0v) is 9.23. The Morgan fingerprint density at radius 2 is 2.27 bits per heavy atom. The highest BCUT2D eigenvalue weighted by atomic mass is 79.9. The molecule has 0 amide bonds.